The predicted molar refractivity (Wildman–Crippen MR) is 115 cm³/mol. The predicted octanol–water partition coefficient (Wildman–Crippen LogP) is 2.95. The molecular formula is C23H26N4O2. The third-order valence-electron chi connectivity index (χ3n) is 5.29. The van der Waals surface area contributed by atoms with E-state index < -0.39 is 0 Å². The molecular weight excluding hydrogens is 364 g/mol. The van der Waals surface area contributed by atoms with Crippen LogP contribution >= 0.6 is 0 Å². The second-order valence-corrected chi connectivity index (χ2v) is 7.14. The maximum absolute atomic E-state index is 12.5. The van der Waals surface area contributed by atoms with Gasteiger partial charge in [0.15, 0.2) is 0 Å². The Morgan fingerprint density at radius 1 is 1.00 bits per heavy atom. The number of nitrogens with zero attached hydrogens (tertiary/aromatic N) is 4. The number of anilines is 1. The zero-order chi connectivity index (χ0) is 20.1. The van der Waals surface area contributed by atoms with E-state index in [0.29, 0.717) is 12.4 Å². The first-order valence-corrected chi connectivity index (χ1v) is 10.1. The van der Waals surface area contributed by atoms with Gasteiger partial charge in [0.25, 0.3) is 5.56 Å². The number of benzene rings is 1. The lowest BCUT2D eigenvalue weighted by Crippen LogP contribution is -2.46. The van der Waals surface area contributed by atoms with Crippen LogP contribution in [-0.2, 0) is 6.61 Å². The molecule has 1 aromatic carbocycles. The lowest BCUT2D eigenvalue weighted by Gasteiger charge is -2.34. The second kappa shape index (κ2) is 8.92. The van der Waals surface area contributed by atoms with Crippen molar-refractivity contribution in [1.82, 2.24) is 14.5 Å². The molecule has 0 saturated carbocycles. The summed E-state index contributed by atoms with van der Waals surface area (Å²) in [6.07, 6.45) is 3.49. The Labute approximate surface area is 171 Å². The largest absolute Gasteiger partial charge is 0.489 e. The molecule has 6 heteroatoms. The Bertz CT molecular complexity index is 978. The van der Waals surface area contributed by atoms with Crippen molar-refractivity contribution in [3.8, 4) is 11.4 Å². The average Bonchev–Trinajstić information content (AvgIpc) is 2.79. The molecule has 0 spiro atoms. The van der Waals surface area contributed by atoms with Crippen molar-refractivity contribution >= 4 is 5.82 Å². The minimum Gasteiger partial charge on any atom is -0.489 e. The molecule has 0 unspecified atom stereocenters. The summed E-state index contributed by atoms with van der Waals surface area (Å²) < 4.78 is 7.32. The van der Waals surface area contributed by atoms with Crippen LogP contribution in [0.3, 0.4) is 0 Å². The highest BCUT2D eigenvalue weighted by Gasteiger charge is 2.16. The van der Waals surface area contributed by atoms with E-state index in [0.717, 1.165) is 49.8 Å². The molecule has 0 radical (unpaired) electrons. The maximum atomic E-state index is 12.5. The lowest BCUT2D eigenvalue weighted by molar-refractivity contribution is 0.270. The molecule has 2 aromatic heterocycles. The Balaban J connectivity index is 1.42. The second-order valence-electron chi connectivity index (χ2n) is 7.14. The zero-order valence-electron chi connectivity index (χ0n) is 16.7. The van der Waals surface area contributed by atoms with Crippen molar-refractivity contribution in [1.29, 1.82) is 0 Å². The number of hydrogen-bond donors (Lipinski definition) is 0. The number of hydrogen-bond acceptors (Lipinski definition) is 5. The van der Waals surface area contributed by atoms with Crippen LogP contribution in [-0.4, -0.2) is 47.2 Å². The van der Waals surface area contributed by atoms with Gasteiger partial charge in [-0.25, -0.2) is 4.98 Å². The fourth-order valence-electron chi connectivity index (χ4n) is 3.51. The summed E-state index contributed by atoms with van der Waals surface area (Å²) in [7, 11) is 0. The molecule has 0 N–H and O–H groups in total. The first kappa shape index (κ1) is 19.2. The smallest absolute Gasteiger partial charge is 0.258 e. The first-order valence-electron chi connectivity index (χ1n) is 10.1. The van der Waals surface area contributed by atoms with E-state index in [9.17, 15) is 4.79 Å². The quantitative estimate of drug-likeness (QED) is 0.648. The molecule has 1 fully saturated rings. The van der Waals surface area contributed by atoms with Gasteiger partial charge in [-0.3, -0.25) is 9.36 Å². The number of piperazine rings is 1. The van der Waals surface area contributed by atoms with Gasteiger partial charge in [0, 0.05) is 38.4 Å². The van der Waals surface area contributed by atoms with Crippen molar-refractivity contribution in [2.45, 2.75) is 13.5 Å². The highest BCUT2D eigenvalue weighted by atomic mass is 16.5. The zero-order valence-corrected chi connectivity index (χ0v) is 16.7. The van der Waals surface area contributed by atoms with E-state index in [1.807, 2.05) is 48.5 Å². The van der Waals surface area contributed by atoms with Gasteiger partial charge in [-0.1, -0.05) is 37.3 Å². The molecule has 1 saturated heterocycles. The van der Waals surface area contributed by atoms with E-state index in [1.165, 1.54) is 6.07 Å². The summed E-state index contributed by atoms with van der Waals surface area (Å²) in [4.78, 5) is 21.9. The highest BCUT2D eigenvalue weighted by Crippen LogP contribution is 2.16. The molecule has 6 nitrogen and oxygen atoms in total. The molecule has 3 aromatic rings. The molecule has 1 aliphatic heterocycles. The van der Waals surface area contributed by atoms with Crippen LogP contribution in [0.25, 0.3) is 5.69 Å². The Hall–Kier alpha value is -3.12. The molecule has 3 heterocycles. The van der Waals surface area contributed by atoms with Crippen LogP contribution in [0, 0.1) is 0 Å². The summed E-state index contributed by atoms with van der Waals surface area (Å²) in [5.41, 5.74) is 1.68. The fraction of sp³-hybridized carbons (Fsp3) is 0.304. The van der Waals surface area contributed by atoms with Crippen molar-refractivity contribution in [3.63, 3.8) is 0 Å². The van der Waals surface area contributed by atoms with Crippen molar-refractivity contribution < 1.29 is 4.74 Å². The van der Waals surface area contributed by atoms with Crippen LogP contribution in [0.1, 0.15) is 12.5 Å². The lowest BCUT2D eigenvalue weighted by atomic mass is 10.2. The molecule has 0 atom stereocenters. The molecule has 0 bridgehead atoms. The molecule has 1 aliphatic rings. The minimum absolute atomic E-state index is 0.137. The molecule has 0 amide bonds. The van der Waals surface area contributed by atoms with Crippen molar-refractivity contribution in [2.24, 2.45) is 0 Å². The van der Waals surface area contributed by atoms with Gasteiger partial charge in [0.05, 0.1) is 11.9 Å². The van der Waals surface area contributed by atoms with E-state index in [4.69, 9.17) is 4.74 Å². The topological polar surface area (TPSA) is 50.6 Å². The van der Waals surface area contributed by atoms with Gasteiger partial charge in [0.1, 0.15) is 18.2 Å². The summed E-state index contributed by atoms with van der Waals surface area (Å²) >= 11 is 0. The monoisotopic (exact) mass is 390 g/mol. The third kappa shape index (κ3) is 4.66. The van der Waals surface area contributed by atoms with Gasteiger partial charge < -0.3 is 14.5 Å². The molecule has 29 heavy (non-hydrogen) atoms. The molecule has 4 rings (SSSR count). The van der Waals surface area contributed by atoms with Crippen LogP contribution in [0.5, 0.6) is 5.75 Å². The van der Waals surface area contributed by atoms with Gasteiger partial charge in [-0.2, -0.15) is 0 Å². The van der Waals surface area contributed by atoms with Crippen molar-refractivity contribution in [2.75, 3.05) is 37.6 Å². The van der Waals surface area contributed by atoms with Crippen LogP contribution in [0.4, 0.5) is 5.82 Å². The summed E-state index contributed by atoms with van der Waals surface area (Å²) in [5.74, 6) is 1.52. The van der Waals surface area contributed by atoms with Gasteiger partial charge >= 0.3 is 0 Å². The Morgan fingerprint density at radius 2 is 1.79 bits per heavy atom. The van der Waals surface area contributed by atoms with Gasteiger partial charge in [-0.15, -0.1) is 0 Å². The van der Waals surface area contributed by atoms with E-state index >= 15 is 0 Å². The molecule has 0 aliphatic carbocycles. The van der Waals surface area contributed by atoms with E-state index in [2.05, 4.69) is 21.7 Å². The first-order chi connectivity index (χ1) is 14.2. The SMILES string of the molecule is CCN1CCN(c2ccc(-n3ccc(OCc4ccccc4)cc3=O)cn2)CC1. The van der Waals surface area contributed by atoms with Crippen LogP contribution in [0.15, 0.2) is 71.8 Å². The Morgan fingerprint density at radius 3 is 2.45 bits per heavy atom. The number of aromatic nitrogens is 2. The standard InChI is InChI=1S/C23H26N4O2/c1-2-25-12-14-26(15-13-25)22-9-8-20(17-24-22)27-11-10-21(16-23(27)28)29-18-19-6-4-3-5-7-19/h3-11,16-17H,2,12-15,18H2,1H3. The number of pyridine rings is 2. The van der Waals surface area contributed by atoms with E-state index in [-0.39, 0.29) is 5.56 Å². The molecule has 150 valence electrons. The average molecular weight is 390 g/mol. The minimum atomic E-state index is -0.137. The van der Waals surface area contributed by atoms with Gasteiger partial charge in [-0.05, 0) is 30.3 Å². The summed E-state index contributed by atoms with van der Waals surface area (Å²) in [6, 6.07) is 17.2. The highest BCUT2D eigenvalue weighted by molar-refractivity contribution is 5.44. The van der Waals surface area contributed by atoms with Gasteiger partial charge in [0.2, 0.25) is 0 Å². The van der Waals surface area contributed by atoms with Crippen LogP contribution < -0.4 is 15.2 Å². The number of likely N-dealkylation sites (N-methyl/N-ethyl adjacent to an activating group) is 1. The Kier molecular flexibility index (Phi) is 5.91. The third-order valence-corrected chi connectivity index (χ3v) is 5.29. The fourth-order valence-corrected chi connectivity index (χ4v) is 3.51. The van der Waals surface area contributed by atoms with Crippen LogP contribution in [0.2, 0.25) is 0 Å². The van der Waals surface area contributed by atoms with Crippen molar-refractivity contribution in [3.05, 3.63) is 82.9 Å². The maximum Gasteiger partial charge on any atom is 0.258 e. The summed E-state index contributed by atoms with van der Waals surface area (Å²) in [6.45, 7) is 7.80. The summed E-state index contributed by atoms with van der Waals surface area (Å²) in [5, 5.41) is 0. The number of rotatable bonds is 6. The number of ether oxygens (including phenoxy) is 1. The normalized spacial score (nSPS) is 14.7. The van der Waals surface area contributed by atoms with E-state index in [1.54, 1.807) is 17.0 Å².